The van der Waals surface area contributed by atoms with Gasteiger partial charge in [-0.2, -0.15) is 0 Å². The van der Waals surface area contributed by atoms with E-state index in [-0.39, 0.29) is 24.7 Å². The number of sulfonamides is 1. The zero-order valence-electron chi connectivity index (χ0n) is 24.2. The maximum atomic E-state index is 13.7. The third-order valence-electron chi connectivity index (χ3n) is 7.49. The molecule has 2 aromatic heterocycles. The Morgan fingerprint density at radius 2 is 1.86 bits per heavy atom. The van der Waals surface area contributed by atoms with E-state index >= 15 is 0 Å². The van der Waals surface area contributed by atoms with E-state index in [0.717, 1.165) is 27.7 Å². The minimum atomic E-state index is -3.52. The van der Waals surface area contributed by atoms with Gasteiger partial charge in [-0.3, -0.25) is 18.9 Å². The van der Waals surface area contributed by atoms with E-state index in [9.17, 15) is 18.3 Å². The van der Waals surface area contributed by atoms with Crippen LogP contribution < -0.4 is 14.9 Å². The fourth-order valence-corrected chi connectivity index (χ4v) is 6.44. The van der Waals surface area contributed by atoms with E-state index in [1.165, 1.54) is 4.31 Å². The fraction of sp³-hybridized carbons (Fsp3) is 0.323. The first-order valence-electron chi connectivity index (χ1n) is 14.0. The number of amides is 1. The van der Waals surface area contributed by atoms with Crippen molar-refractivity contribution in [3.63, 3.8) is 0 Å². The highest BCUT2D eigenvalue weighted by Crippen LogP contribution is 2.36. The minimum Gasteiger partial charge on any atom is -0.483 e. The van der Waals surface area contributed by atoms with Crippen molar-refractivity contribution in [1.82, 2.24) is 20.2 Å². The molecule has 0 aliphatic carbocycles. The number of nitrogens with zero attached hydrogens (tertiary/aromatic N) is 3. The third kappa shape index (κ3) is 7.58. The number of nitrogens with one attached hydrogen (secondary N) is 2. The highest BCUT2D eigenvalue weighted by Gasteiger charge is 2.29. The number of aliphatic hydroxyl groups excluding tert-OH is 1. The van der Waals surface area contributed by atoms with Gasteiger partial charge in [0.25, 0.3) is 12.4 Å². The molecule has 228 valence electrons. The summed E-state index contributed by atoms with van der Waals surface area (Å²) in [6, 6.07) is 18.2. The lowest BCUT2D eigenvalue weighted by Gasteiger charge is -2.25. The first-order valence-corrected chi connectivity index (χ1v) is 15.6. The quantitative estimate of drug-likeness (QED) is 0.201. The van der Waals surface area contributed by atoms with Crippen LogP contribution in [0.4, 0.5) is 5.69 Å². The number of pyridine rings is 1. The largest absolute Gasteiger partial charge is 0.483 e. The maximum absolute atomic E-state index is 13.7. The van der Waals surface area contributed by atoms with Crippen molar-refractivity contribution in [3.8, 4) is 0 Å². The van der Waals surface area contributed by atoms with Crippen molar-refractivity contribution >= 4 is 39.0 Å². The number of aromatic nitrogens is 2. The summed E-state index contributed by atoms with van der Waals surface area (Å²) in [5.74, 6) is -0.359. The third-order valence-corrected chi connectivity index (χ3v) is 9.24. The summed E-state index contributed by atoms with van der Waals surface area (Å²) in [5.41, 5.74) is 4.46. The second kappa shape index (κ2) is 14.3. The predicted octanol–water partition coefficient (Wildman–Crippen LogP) is 2.57. The number of hydrogen-bond donors (Lipinski definition) is 4. The zero-order valence-corrected chi connectivity index (χ0v) is 25.0. The zero-order chi connectivity index (χ0) is 31.0. The highest BCUT2D eigenvalue weighted by atomic mass is 32.2. The summed E-state index contributed by atoms with van der Waals surface area (Å²) in [4.78, 5) is 26.4. The fourth-order valence-electron chi connectivity index (χ4n) is 5.24. The Bertz CT molecular complexity index is 1640. The van der Waals surface area contributed by atoms with Crippen LogP contribution in [0.2, 0.25) is 0 Å². The van der Waals surface area contributed by atoms with Crippen LogP contribution in [0.1, 0.15) is 34.1 Å². The van der Waals surface area contributed by atoms with Gasteiger partial charge in [0.2, 0.25) is 10.0 Å². The SMILES string of the molecule is CCn1cc2c3c(cc(C(=O)N[C@@H](Cc4ccccc4)[C@H](O)CNCc4ccccn4)cc31)N(C)S(=O)(=O)CC2.O=CO. The Balaban J connectivity index is 0.00000135. The minimum absolute atomic E-state index is 0.0133. The van der Waals surface area contributed by atoms with Gasteiger partial charge >= 0.3 is 0 Å². The Kier molecular flexibility index (Phi) is 10.5. The van der Waals surface area contributed by atoms with Crippen LogP contribution in [0.5, 0.6) is 0 Å². The highest BCUT2D eigenvalue weighted by molar-refractivity contribution is 7.92. The Labute approximate surface area is 251 Å². The van der Waals surface area contributed by atoms with Crippen molar-refractivity contribution in [3.05, 3.63) is 95.4 Å². The normalized spacial score (nSPS) is 15.1. The smallest absolute Gasteiger partial charge is 0.290 e. The molecule has 2 atom stereocenters. The Morgan fingerprint density at radius 1 is 1.14 bits per heavy atom. The summed E-state index contributed by atoms with van der Waals surface area (Å²) < 4.78 is 29.1. The lowest BCUT2D eigenvalue weighted by Crippen LogP contribution is -2.48. The van der Waals surface area contributed by atoms with Crippen LogP contribution in [-0.2, 0) is 40.7 Å². The molecule has 43 heavy (non-hydrogen) atoms. The molecule has 5 rings (SSSR count). The van der Waals surface area contributed by atoms with Crippen LogP contribution in [0.25, 0.3) is 10.9 Å². The summed E-state index contributed by atoms with van der Waals surface area (Å²) in [6.07, 6.45) is 3.68. The molecule has 1 aliphatic heterocycles. The van der Waals surface area contributed by atoms with E-state index in [0.29, 0.717) is 37.2 Å². The molecule has 0 saturated carbocycles. The average Bonchev–Trinajstić information content (AvgIpc) is 3.34. The van der Waals surface area contributed by atoms with E-state index in [2.05, 4.69) is 20.2 Å². The van der Waals surface area contributed by atoms with Gasteiger partial charge in [0, 0.05) is 50.0 Å². The second-order valence-corrected chi connectivity index (χ2v) is 12.4. The monoisotopic (exact) mass is 607 g/mol. The molecule has 4 aromatic rings. The lowest BCUT2D eigenvalue weighted by molar-refractivity contribution is -0.122. The molecule has 0 radical (unpaired) electrons. The number of carbonyl (C=O) groups excluding carboxylic acids is 1. The lowest BCUT2D eigenvalue weighted by atomic mass is 10.00. The van der Waals surface area contributed by atoms with Gasteiger partial charge in [-0.25, -0.2) is 8.42 Å². The average molecular weight is 608 g/mol. The molecular formula is C31H37N5O6S. The molecule has 0 bridgehead atoms. The molecule has 0 spiro atoms. The van der Waals surface area contributed by atoms with Gasteiger partial charge in [0.15, 0.2) is 0 Å². The number of anilines is 1. The van der Waals surface area contributed by atoms with Crippen molar-refractivity contribution < 1.29 is 28.2 Å². The van der Waals surface area contributed by atoms with E-state index in [1.807, 2.05) is 67.7 Å². The van der Waals surface area contributed by atoms with Gasteiger partial charge in [-0.1, -0.05) is 36.4 Å². The number of rotatable bonds is 10. The van der Waals surface area contributed by atoms with Crippen molar-refractivity contribution in [2.75, 3.05) is 23.7 Å². The van der Waals surface area contributed by atoms with E-state index in [4.69, 9.17) is 9.90 Å². The first-order chi connectivity index (χ1) is 20.7. The van der Waals surface area contributed by atoms with Crippen LogP contribution in [0.3, 0.4) is 0 Å². The molecule has 0 unspecified atom stereocenters. The number of carbonyl (C=O) groups is 2. The van der Waals surface area contributed by atoms with Crippen molar-refractivity contribution in [2.45, 2.75) is 45.0 Å². The van der Waals surface area contributed by atoms with Crippen LogP contribution in [0, 0.1) is 0 Å². The van der Waals surface area contributed by atoms with Crippen molar-refractivity contribution in [1.29, 1.82) is 0 Å². The van der Waals surface area contributed by atoms with Crippen LogP contribution in [-0.4, -0.2) is 72.1 Å². The molecule has 12 heteroatoms. The standard InChI is InChI=1S/C30H35N5O4S.CH2O2/c1-3-35-20-22-12-14-40(38,39)34(2)26-16-23(17-27(35)29(22)26)30(37)33-25(15-21-9-5-4-6-10-21)28(36)19-31-18-24-11-7-8-13-32-24;2-1-3/h4-11,13,16-17,20,25,28,31,36H,3,12,14-15,18-19H2,1-2H3,(H,33,37);1H,(H,2,3)/t25-,28+;/m0./s1. The molecule has 0 saturated heterocycles. The molecule has 3 heterocycles. The Morgan fingerprint density at radius 3 is 2.53 bits per heavy atom. The topological polar surface area (TPSA) is 154 Å². The predicted molar refractivity (Wildman–Crippen MR) is 166 cm³/mol. The van der Waals surface area contributed by atoms with Gasteiger partial charge in [0.1, 0.15) is 0 Å². The molecule has 11 nitrogen and oxygen atoms in total. The van der Waals surface area contributed by atoms with Gasteiger partial charge in [-0.05, 0) is 55.2 Å². The maximum Gasteiger partial charge on any atom is 0.290 e. The summed E-state index contributed by atoms with van der Waals surface area (Å²) >= 11 is 0. The number of benzene rings is 2. The molecule has 1 aliphatic rings. The molecular weight excluding hydrogens is 570 g/mol. The summed E-state index contributed by atoms with van der Waals surface area (Å²) in [5, 5.41) is 25.2. The van der Waals surface area contributed by atoms with Gasteiger partial charge in [0.05, 0.1) is 34.8 Å². The number of aryl methyl sites for hydroxylation is 2. The van der Waals surface area contributed by atoms with Gasteiger partial charge in [-0.15, -0.1) is 0 Å². The van der Waals surface area contributed by atoms with E-state index in [1.54, 1.807) is 19.3 Å². The molecule has 0 fully saturated rings. The number of carboxylic acid groups (broad SMARTS) is 1. The van der Waals surface area contributed by atoms with Crippen LogP contribution >= 0.6 is 0 Å². The number of hydrogen-bond acceptors (Lipinski definition) is 7. The van der Waals surface area contributed by atoms with Crippen molar-refractivity contribution in [2.24, 2.45) is 0 Å². The molecule has 1 amide bonds. The van der Waals surface area contributed by atoms with Crippen LogP contribution in [0.15, 0.2) is 73.1 Å². The second-order valence-electron chi connectivity index (χ2n) is 10.3. The van der Waals surface area contributed by atoms with Gasteiger partial charge < -0.3 is 25.4 Å². The number of aliphatic hydroxyl groups is 1. The summed E-state index contributed by atoms with van der Waals surface area (Å²) in [6.45, 7) is 3.20. The molecule has 2 aromatic carbocycles. The Hall–Kier alpha value is -4.26. The van der Waals surface area contributed by atoms with E-state index < -0.39 is 22.2 Å². The summed E-state index contributed by atoms with van der Waals surface area (Å²) in [7, 11) is -1.97. The first kappa shape index (κ1) is 31.7. The molecule has 4 N–H and O–H groups in total.